The molecule has 1 saturated heterocycles. The largest absolute Gasteiger partial charge is 0.378 e. The van der Waals surface area contributed by atoms with E-state index < -0.39 is 0 Å². The molecule has 17 heavy (non-hydrogen) atoms. The van der Waals surface area contributed by atoms with E-state index in [2.05, 4.69) is 28.2 Å². The lowest BCUT2D eigenvalue weighted by Gasteiger charge is -2.28. The summed E-state index contributed by atoms with van der Waals surface area (Å²) in [5.41, 5.74) is 0.977. The maximum atomic E-state index is 13.3. The molecule has 0 saturated carbocycles. The van der Waals surface area contributed by atoms with E-state index in [0.29, 0.717) is 23.2 Å². The summed E-state index contributed by atoms with van der Waals surface area (Å²) in [5.74, 6) is -0.204. The Bertz CT molecular complexity index is 386. The quantitative estimate of drug-likeness (QED) is 0.925. The molecule has 1 fully saturated rings. The van der Waals surface area contributed by atoms with Crippen LogP contribution in [0.1, 0.15) is 25.3 Å². The van der Waals surface area contributed by atoms with Gasteiger partial charge in [0.15, 0.2) is 0 Å². The minimum absolute atomic E-state index is 0.204. The van der Waals surface area contributed by atoms with Crippen molar-refractivity contribution in [2.24, 2.45) is 0 Å². The average molecular weight is 302 g/mol. The van der Waals surface area contributed by atoms with Gasteiger partial charge in [0.2, 0.25) is 0 Å². The van der Waals surface area contributed by atoms with Crippen LogP contribution in [0, 0.1) is 5.82 Å². The highest BCUT2D eigenvalue weighted by molar-refractivity contribution is 9.10. The van der Waals surface area contributed by atoms with E-state index >= 15 is 0 Å². The van der Waals surface area contributed by atoms with Crippen LogP contribution in [0.3, 0.4) is 0 Å². The normalized spacial score (nSPS) is 24.9. The Morgan fingerprint density at radius 2 is 2.35 bits per heavy atom. The Morgan fingerprint density at radius 1 is 1.53 bits per heavy atom. The van der Waals surface area contributed by atoms with E-state index in [1.54, 1.807) is 12.1 Å². The molecule has 2 rings (SSSR count). The van der Waals surface area contributed by atoms with Gasteiger partial charge in [-0.15, -0.1) is 0 Å². The van der Waals surface area contributed by atoms with Crippen LogP contribution in [0.15, 0.2) is 22.7 Å². The predicted octanol–water partition coefficient (Wildman–Crippen LogP) is 3.25. The van der Waals surface area contributed by atoms with Crippen LogP contribution in [-0.4, -0.2) is 18.8 Å². The first-order valence-electron chi connectivity index (χ1n) is 5.94. The molecule has 1 N–H and O–H groups in total. The molecule has 1 aliphatic heterocycles. The van der Waals surface area contributed by atoms with Gasteiger partial charge in [0.25, 0.3) is 0 Å². The third kappa shape index (κ3) is 3.76. The van der Waals surface area contributed by atoms with Crippen molar-refractivity contribution in [1.29, 1.82) is 0 Å². The fraction of sp³-hybridized carbons (Fsp3) is 0.538. The van der Waals surface area contributed by atoms with Crippen LogP contribution in [0.4, 0.5) is 4.39 Å². The van der Waals surface area contributed by atoms with E-state index in [1.165, 1.54) is 0 Å². The van der Waals surface area contributed by atoms with Gasteiger partial charge in [-0.2, -0.15) is 0 Å². The Morgan fingerprint density at radius 3 is 3.06 bits per heavy atom. The van der Waals surface area contributed by atoms with Gasteiger partial charge in [0.1, 0.15) is 5.82 Å². The summed E-state index contributed by atoms with van der Waals surface area (Å²) in [4.78, 5) is 0. The highest BCUT2D eigenvalue weighted by Crippen LogP contribution is 2.17. The molecule has 2 atom stereocenters. The number of benzene rings is 1. The number of rotatable bonds is 3. The molecular formula is C13H17BrFNO. The van der Waals surface area contributed by atoms with Crippen LogP contribution in [0.5, 0.6) is 0 Å². The van der Waals surface area contributed by atoms with Crippen molar-refractivity contribution in [3.05, 3.63) is 34.1 Å². The number of hydrogen-bond acceptors (Lipinski definition) is 2. The molecule has 0 bridgehead atoms. The average Bonchev–Trinajstić information content (AvgIpc) is 2.31. The molecule has 2 unspecified atom stereocenters. The minimum Gasteiger partial charge on any atom is -0.378 e. The summed E-state index contributed by atoms with van der Waals surface area (Å²) in [6.45, 7) is 3.61. The molecule has 0 aliphatic carbocycles. The summed E-state index contributed by atoms with van der Waals surface area (Å²) in [7, 11) is 0. The summed E-state index contributed by atoms with van der Waals surface area (Å²) in [5, 5.41) is 3.45. The predicted molar refractivity (Wildman–Crippen MR) is 69.4 cm³/mol. The number of halogens is 2. The standard InChI is InChI=1S/C13H17BrFNO/c1-9-6-11(4-5-17-9)16-8-10-2-3-12(14)13(15)7-10/h2-3,7,9,11,16H,4-6,8H2,1H3. The minimum atomic E-state index is -0.204. The van der Waals surface area contributed by atoms with Crippen LogP contribution in [0.2, 0.25) is 0 Å². The van der Waals surface area contributed by atoms with Crippen molar-refractivity contribution in [2.45, 2.75) is 38.5 Å². The first kappa shape index (κ1) is 13.0. The van der Waals surface area contributed by atoms with Gasteiger partial charge in [0.05, 0.1) is 10.6 Å². The Labute approximate surface area is 110 Å². The molecule has 1 aromatic rings. The summed E-state index contributed by atoms with van der Waals surface area (Å²) >= 11 is 3.15. The number of hydrogen-bond donors (Lipinski definition) is 1. The van der Waals surface area contributed by atoms with Crippen molar-refractivity contribution >= 4 is 15.9 Å². The third-order valence-electron chi connectivity index (χ3n) is 3.06. The Hall–Kier alpha value is -0.450. The topological polar surface area (TPSA) is 21.3 Å². The molecular weight excluding hydrogens is 285 g/mol. The highest BCUT2D eigenvalue weighted by Gasteiger charge is 2.18. The SMILES string of the molecule is CC1CC(NCc2ccc(Br)c(F)c2)CCO1. The summed E-state index contributed by atoms with van der Waals surface area (Å²) in [6.07, 6.45) is 2.38. The van der Waals surface area contributed by atoms with Gasteiger partial charge >= 0.3 is 0 Å². The molecule has 0 aromatic heterocycles. The molecule has 1 aliphatic rings. The van der Waals surface area contributed by atoms with E-state index in [-0.39, 0.29) is 5.82 Å². The summed E-state index contributed by atoms with van der Waals surface area (Å²) < 4.78 is 19.3. The van der Waals surface area contributed by atoms with E-state index in [4.69, 9.17) is 4.74 Å². The van der Waals surface area contributed by atoms with Gasteiger partial charge in [0, 0.05) is 19.2 Å². The summed E-state index contributed by atoms with van der Waals surface area (Å²) in [6, 6.07) is 5.73. The number of nitrogens with one attached hydrogen (secondary N) is 1. The zero-order chi connectivity index (χ0) is 12.3. The second kappa shape index (κ2) is 5.94. The van der Waals surface area contributed by atoms with Gasteiger partial charge in [-0.05, 0) is 53.4 Å². The maximum absolute atomic E-state index is 13.3. The van der Waals surface area contributed by atoms with E-state index in [0.717, 1.165) is 25.0 Å². The molecule has 0 amide bonds. The maximum Gasteiger partial charge on any atom is 0.137 e. The van der Waals surface area contributed by atoms with Gasteiger partial charge in [-0.1, -0.05) is 6.07 Å². The van der Waals surface area contributed by atoms with E-state index in [9.17, 15) is 4.39 Å². The van der Waals surface area contributed by atoms with Crippen molar-refractivity contribution in [3.63, 3.8) is 0 Å². The Kier molecular flexibility index (Phi) is 4.54. The van der Waals surface area contributed by atoms with Crippen molar-refractivity contribution in [3.8, 4) is 0 Å². The lowest BCUT2D eigenvalue weighted by atomic mass is 10.0. The second-order valence-electron chi connectivity index (χ2n) is 4.53. The Balaban J connectivity index is 1.86. The number of ether oxygens (including phenoxy) is 1. The first-order chi connectivity index (χ1) is 8.15. The zero-order valence-corrected chi connectivity index (χ0v) is 11.5. The lowest BCUT2D eigenvalue weighted by Crippen LogP contribution is -2.37. The molecule has 4 heteroatoms. The van der Waals surface area contributed by atoms with Crippen molar-refractivity contribution < 1.29 is 9.13 Å². The van der Waals surface area contributed by atoms with Crippen LogP contribution in [-0.2, 0) is 11.3 Å². The fourth-order valence-electron chi connectivity index (χ4n) is 2.10. The fourth-order valence-corrected chi connectivity index (χ4v) is 2.34. The highest BCUT2D eigenvalue weighted by atomic mass is 79.9. The van der Waals surface area contributed by atoms with Crippen LogP contribution >= 0.6 is 15.9 Å². The molecule has 0 spiro atoms. The molecule has 1 aromatic carbocycles. The van der Waals surface area contributed by atoms with Gasteiger partial charge in [-0.3, -0.25) is 0 Å². The smallest absolute Gasteiger partial charge is 0.137 e. The van der Waals surface area contributed by atoms with Gasteiger partial charge in [-0.25, -0.2) is 4.39 Å². The van der Waals surface area contributed by atoms with E-state index in [1.807, 2.05) is 6.07 Å². The molecule has 2 nitrogen and oxygen atoms in total. The lowest BCUT2D eigenvalue weighted by molar-refractivity contribution is 0.0130. The monoisotopic (exact) mass is 301 g/mol. The molecule has 1 heterocycles. The second-order valence-corrected chi connectivity index (χ2v) is 5.39. The first-order valence-corrected chi connectivity index (χ1v) is 6.73. The van der Waals surface area contributed by atoms with Crippen LogP contribution in [0.25, 0.3) is 0 Å². The molecule has 0 radical (unpaired) electrons. The zero-order valence-electron chi connectivity index (χ0n) is 9.88. The van der Waals surface area contributed by atoms with Crippen LogP contribution < -0.4 is 5.32 Å². The van der Waals surface area contributed by atoms with Crippen molar-refractivity contribution in [1.82, 2.24) is 5.32 Å². The third-order valence-corrected chi connectivity index (χ3v) is 3.71. The van der Waals surface area contributed by atoms with Crippen molar-refractivity contribution in [2.75, 3.05) is 6.61 Å². The molecule has 94 valence electrons. The van der Waals surface area contributed by atoms with Gasteiger partial charge < -0.3 is 10.1 Å².